The van der Waals surface area contributed by atoms with E-state index < -0.39 is 5.60 Å². The molecule has 1 aliphatic rings. The number of hydrogen-bond donors (Lipinski definition) is 1. The first kappa shape index (κ1) is 18.1. The zero-order valence-electron chi connectivity index (χ0n) is 14.4. The highest BCUT2D eigenvalue weighted by Crippen LogP contribution is 2.31. The second-order valence-corrected chi connectivity index (χ2v) is 6.09. The molecule has 0 aliphatic heterocycles. The highest BCUT2D eigenvalue weighted by Gasteiger charge is 2.28. The van der Waals surface area contributed by atoms with Gasteiger partial charge in [0.05, 0.1) is 25.9 Å². The number of methoxy groups -OCH3 is 1. The van der Waals surface area contributed by atoms with Crippen LogP contribution in [0.1, 0.15) is 32.3 Å². The molecule has 2 rings (SSSR count). The lowest BCUT2D eigenvalue weighted by Gasteiger charge is -2.31. The largest absolute Gasteiger partial charge is 0.508 e. The first-order chi connectivity index (χ1) is 11.4. The maximum atomic E-state index is 10.8. The lowest BCUT2D eigenvalue weighted by atomic mass is 9.89. The Bertz CT molecular complexity index is 630. The van der Waals surface area contributed by atoms with Gasteiger partial charge in [0, 0.05) is 19.8 Å². The van der Waals surface area contributed by atoms with E-state index in [1.807, 2.05) is 31.2 Å². The average molecular weight is 332 g/mol. The number of benzene rings is 1. The lowest BCUT2D eigenvalue weighted by Crippen LogP contribution is -2.29. The fraction of sp³-hybridized carbons (Fsp3) is 0.421. The fourth-order valence-electron chi connectivity index (χ4n) is 2.67. The molecule has 1 unspecified atom stereocenters. The third-order valence-electron chi connectivity index (χ3n) is 3.84. The van der Waals surface area contributed by atoms with Crippen LogP contribution < -0.4 is 4.74 Å². The van der Waals surface area contributed by atoms with E-state index in [4.69, 9.17) is 14.2 Å². The van der Waals surface area contributed by atoms with Gasteiger partial charge in [-0.3, -0.25) is 4.79 Å². The summed E-state index contributed by atoms with van der Waals surface area (Å²) in [6, 6.07) is 7.68. The van der Waals surface area contributed by atoms with Gasteiger partial charge in [-0.2, -0.15) is 0 Å². The molecule has 1 aliphatic carbocycles. The molecule has 0 heterocycles. The molecule has 0 aromatic heterocycles. The molecule has 0 amide bonds. The molecule has 1 aromatic rings. The quantitative estimate of drug-likeness (QED) is 0.771. The number of rotatable bonds is 7. The van der Waals surface area contributed by atoms with Crippen molar-refractivity contribution in [3.05, 3.63) is 53.3 Å². The van der Waals surface area contributed by atoms with Crippen molar-refractivity contribution < 1.29 is 24.1 Å². The Morgan fingerprint density at radius 2 is 2.00 bits per heavy atom. The van der Waals surface area contributed by atoms with Gasteiger partial charge in [0.1, 0.15) is 11.5 Å². The second kappa shape index (κ2) is 8.02. The van der Waals surface area contributed by atoms with Gasteiger partial charge < -0.3 is 19.3 Å². The number of carbonyl (C=O) groups excluding carboxylic acids is 1. The van der Waals surface area contributed by atoms with Crippen LogP contribution >= 0.6 is 0 Å². The van der Waals surface area contributed by atoms with E-state index in [2.05, 4.69) is 0 Å². The summed E-state index contributed by atoms with van der Waals surface area (Å²) in [4.78, 5) is 10.8. The molecule has 5 heteroatoms. The molecule has 0 bridgehead atoms. The number of esters is 1. The standard InChI is InChI=1S/C19H24O5/c1-14(20)23-9-8-16-10-17(21)12-19(2,11-16)24-13-15-4-6-18(22-3)7-5-15/h4-7,10,12,21H,8-9,11,13H2,1-3H3. The Morgan fingerprint density at radius 1 is 1.29 bits per heavy atom. The number of ether oxygens (including phenoxy) is 3. The minimum atomic E-state index is -0.593. The maximum Gasteiger partial charge on any atom is 0.302 e. The first-order valence-corrected chi connectivity index (χ1v) is 7.92. The van der Waals surface area contributed by atoms with E-state index in [1.165, 1.54) is 6.92 Å². The number of carbonyl (C=O) groups is 1. The zero-order chi connectivity index (χ0) is 17.6. The van der Waals surface area contributed by atoms with Crippen molar-refractivity contribution in [2.45, 2.75) is 38.9 Å². The summed E-state index contributed by atoms with van der Waals surface area (Å²) < 4.78 is 16.1. The number of allylic oxidation sites excluding steroid dienone is 1. The average Bonchev–Trinajstić information content (AvgIpc) is 2.52. The summed E-state index contributed by atoms with van der Waals surface area (Å²) in [7, 11) is 1.63. The van der Waals surface area contributed by atoms with Gasteiger partial charge >= 0.3 is 5.97 Å². The van der Waals surface area contributed by atoms with Crippen molar-refractivity contribution in [2.24, 2.45) is 0 Å². The summed E-state index contributed by atoms with van der Waals surface area (Å²) >= 11 is 0. The molecule has 0 saturated carbocycles. The third kappa shape index (κ3) is 5.42. The first-order valence-electron chi connectivity index (χ1n) is 7.92. The highest BCUT2D eigenvalue weighted by atomic mass is 16.5. The van der Waals surface area contributed by atoms with Crippen molar-refractivity contribution in [3.8, 4) is 5.75 Å². The van der Waals surface area contributed by atoms with Crippen LogP contribution in [0.15, 0.2) is 47.7 Å². The van der Waals surface area contributed by atoms with Gasteiger partial charge in [-0.05, 0) is 36.8 Å². The van der Waals surface area contributed by atoms with Crippen molar-refractivity contribution in [1.29, 1.82) is 0 Å². The third-order valence-corrected chi connectivity index (χ3v) is 3.84. The van der Waals surface area contributed by atoms with Crippen molar-refractivity contribution >= 4 is 5.97 Å². The van der Waals surface area contributed by atoms with Gasteiger partial charge in [0.15, 0.2) is 0 Å². The van der Waals surface area contributed by atoms with Gasteiger partial charge in [-0.1, -0.05) is 17.7 Å². The lowest BCUT2D eigenvalue weighted by molar-refractivity contribution is -0.140. The Hall–Kier alpha value is -2.27. The number of aliphatic hydroxyl groups excluding tert-OH is 1. The van der Waals surface area contributed by atoms with Crippen LogP contribution in [-0.4, -0.2) is 30.4 Å². The molecule has 0 fully saturated rings. The van der Waals surface area contributed by atoms with E-state index in [9.17, 15) is 9.90 Å². The van der Waals surface area contributed by atoms with Crippen LogP contribution in [0.5, 0.6) is 5.75 Å². The van der Waals surface area contributed by atoms with Gasteiger partial charge in [0.2, 0.25) is 0 Å². The van der Waals surface area contributed by atoms with Crippen LogP contribution in [0.2, 0.25) is 0 Å². The van der Waals surface area contributed by atoms with Crippen molar-refractivity contribution in [3.63, 3.8) is 0 Å². The van der Waals surface area contributed by atoms with Crippen LogP contribution in [0, 0.1) is 0 Å². The van der Waals surface area contributed by atoms with E-state index in [-0.39, 0.29) is 11.7 Å². The predicted octanol–water partition coefficient (Wildman–Crippen LogP) is 3.70. The Morgan fingerprint density at radius 3 is 2.62 bits per heavy atom. The summed E-state index contributed by atoms with van der Waals surface area (Å²) in [5.74, 6) is 0.678. The van der Waals surface area contributed by atoms with E-state index in [0.717, 1.165) is 16.9 Å². The summed E-state index contributed by atoms with van der Waals surface area (Å²) in [6.07, 6.45) is 4.65. The molecule has 0 saturated heterocycles. The molecule has 1 atom stereocenters. The van der Waals surface area contributed by atoms with Crippen LogP contribution in [0.3, 0.4) is 0 Å². The molecule has 24 heavy (non-hydrogen) atoms. The van der Waals surface area contributed by atoms with E-state index >= 15 is 0 Å². The monoisotopic (exact) mass is 332 g/mol. The minimum Gasteiger partial charge on any atom is -0.508 e. The molecular weight excluding hydrogens is 308 g/mol. The van der Waals surface area contributed by atoms with Crippen molar-refractivity contribution in [1.82, 2.24) is 0 Å². The molecule has 1 N–H and O–H groups in total. The van der Waals surface area contributed by atoms with Gasteiger partial charge in [0.25, 0.3) is 0 Å². The SMILES string of the molecule is COc1ccc(COC2(C)C=C(O)C=C(CCOC(C)=O)C2)cc1. The molecule has 130 valence electrons. The zero-order valence-corrected chi connectivity index (χ0v) is 14.4. The molecule has 0 radical (unpaired) electrons. The maximum absolute atomic E-state index is 10.8. The van der Waals surface area contributed by atoms with E-state index in [0.29, 0.717) is 26.1 Å². The molecule has 5 nitrogen and oxygen atoms in total. The normalized spacial score (nSPS) is 20.1. The predicted molar refractivity (Wildman–Crippen MR) is 90.8 cm³/mol. The second-order valence-electron chi connectivity index (χ2n) is 6.09. The minimum absolute atomic E-state index is 0.177. The topological polar surface area (TPSA) is 65.0 Å². The smallest absolute Gasteiger partial charge is 0.302 e. The fourth-order valence-corrected chi connectivity index (χ4v) is 2.67. The Labute approximate surface area is 142 Å². The van der Waals surface area contributed by atoms with Gasteiger partial charge in [-0.25, -0.2) is 0 Å². The summed E-state index contributed by atoms with van der Waals surface area (Å²) in [5, 5.41) is 9.97. The number of hydrogen-bond acceptors (Lipinski definition) is 5. The van der Waals surface area contributed by atoms with E-state index in [1.54, 1.807) is 19.3 Å². The highest BCUT2D eigenvalue weighted by molar-refractivity contribution is 5.65. The Balaban J connectivity index is 1.93. The van der Waals surface area contributed by atoms with Crippen molar-refractivity contribution in [2.75, 3.05) is 13.7 Å². The van der Waals surface area contributed by atoms with Gasteiger partial charge in [-0.15, -0.1) is 0 Å². The summed E-state index contributed by atoms with van der Waals surface area (Å²) in [5.41, 5.74) is 1.43. The van der Waals surface area contributed by atoms with Crippen LogP contribution in [0.4, 0.5) is 0 Å². The Kier molecular flexibility index (Phi) is 6.04. The molecular formula is C19H24O5. The molecule has 1 aromatic carbocycles. The van der Waals surface area contributed by atoms with Crippen LogP contribution in [0.25, 0.3) is 0 Å². The number of aliphatic hydroxyl groups is 1. The van der Waals surface area contributed by atoms with Crippen LogP contribution in [-0.2, 0) is 20.9 Å². The molecule has 0 spiro atoms. The summed E-state index contributed by atoms with van der Waals surface area (Å²) in [6.45, 7) is 4.06.